The van der Waals surface area contributed by atoms with E-state index in [1.54, 1.807) is 6.07 Å². The second kappa shape index (κ2) is 8.80. The van der Waals surface area contributed by atoms with Crippen LogP contribution in [0.15, 0.2) is 54.6 Å². The first kappa shape index (κ1) is 24.1. The maximum atomic E-state index is 12.8. The average molecular weight is 470 g/mol. The molecule has 5 nitrogen and oxygen atoms in total. The molecule has 3 aromatic rings. The predicted molar refractivity (Wildman–Crippen MR) is 112 cm³/mol. The van der Waals surface area contributed by atoms with E-state index in [1.165, 1.54) is 30.3 Å². The standard InChI is InChI=1S/C22H20F6N4O/c1-20(2,3)32-19-30-17(13-5-4-6-16(11-13)33-22(26,27)28)12-18(31-19)29-15-9-7-14(8-10-15)21(23,24)25/h4-12H,1-3H3,(H2,29,30,31,32). The molecule has 0 aliphatic carbocycles. The van der Waals surface area contributed by atoms with Crippen LogP contribution < -0.4 is 15.4 Å². The van der Waals surface area contributed by atoms with Gasteiger partial charge in [-0.25, -0.2) is 4.98 Å². The van der Waals surface area contributed by atoms with Crippen LogP contribution in [0.25, 0.3) is 11.3 Å². The summed E-state index contributed by atoms with van der Waals surface area (Å²) in [5, 5.41) is 5.98. The highest BCUT2D eigenvalue weighted by Crippen LogP contribution is 2.32. The maximum absolute atomic E-state index is 12.8. The van der Waals surface area contributed by atoms with Crippen molar-refractivity contribution in [3.63, 3.8) is 0 Å². The first-order chi connectivity index (χ1) is 15.2. The minimum atomic E-state index is -4.85. The van der Waals surface area contributed by atoms with Crippen LogP contribution in [0, 0.1) is 0 Å². The fourth-order valence-corrected chi connectivity index (χ4v) is 2.79. The summed E-state index contributed by atoms with van der Waals surface area (Å²) < 4.78 is 80.2. The lowest BCUT2D eigenvalue weighted by Gasteiger charge is -2.21. The number of alkyl halides is 6. The molecule has 33 heavy (non-hydrogen) atoms. The zero-order chi connectivity index (χ0) is 24.4. The molecule has 0 amide bonds. The van der Waals surface area contributed by atoms with Crippen LogP contribution in [-0.4, -0.2) is 21.9 Å². The van der Waals surface area contributed by atoms with Crippen molar-refractivity contribution in [1.29, 1.82) is 0 Å². The molecule has 3 rings (SSSR count). The van der Waals surface area contributed by atoms with E-state index >= 15 is 0 Å². The number of nitrogens with one attached hydrogen (secondary N) is 2. The summed E-state index contributed by atoms with van der Waals surface area (Å²) in [5.74, 6) is -0.00797. The number of benzene rings is 2. The highest BCUT2D eigenvalue weighted by molar-refractivity contribution is 5.68. The van der Waals surface area contributed by atoms with E-state index in [-0.39, 0.29) is 17.5 Å². The summed E-state index contributed by atoms with van der Waals surface area (Å²) in [6.07, 6.45) is -9.31. The molecule has 0 radical (unpaired) electrons. The van der Waals surface area contributed by atoms with Crippen LogP contribution in [0.3, 0.4) is 0 Å². The Labute approximate surface area is 185 Å². The first-order valence-electron chi connectivity index (χ1n) is 9.66. The van der Waals surface area contributed by atoms with E-state index in [0.717, 1.165) is 18.2 Å². The Hall–Kier alpha value is -3.50. The summed E-state index contributed by atoms with van der Waals surface area (Å²) in [4.78, 5) is 8.69. The lowest BCUT2D eigenvalue weighted by molar-refractivity contribution is -0.274. The molecule has 0 spiro atoms. The molecule has 2 aromatic carbocycles. The number of rotatable bonds is 5. The normalized spacial score (nSPS) is 12.4. The fourth-order valence-electron chi connectivity index (χ4n) is 2.79. The molecular formula is C22H20F6N4O. The fraction of sp³-hybridized carbons (Fsp3) is 0.273. The van der Waals surface area contributed by atoms with Crippen molar-refractivity contribution >= 4 is 17.5 Å². The van der Waals surface area contributed by atoms with E-state index in [2.05, 4.69) is 25.3 Å². The summed E-state index contributed by atoms with van der Waals surface area (Å²) in [6, 6.07) is 11.1. The van der Waals surface area contributed by atoms with Crippen molar-refractivity contribution in [3.8, 4) is 17.0 Å². The summed E-state index contributed by atoms with van der Waals surface area (Å²) >= 11 is 0. The van der Waals surface area contributed by atoms with Crippen LogP contribution in [-0.2, 0) is 6.18 Å². The van der Waals surface area contributed by atoms with Gasteiger partial charge in [0.2, 0.25) is 5.95 Å². The molecule has 0 aliphatic rings. The molecule has 11 heteroatoms. The third kappa shape index (κ3) is 7.26. The molecule has 176 valence electrons. The van der Waals surface area contributed by atoms with Gasteiger partial charge in [-0.3, -0.25) is 0 Å². The minimum Gasteiger partial charge on any atom is -0.406 e. The Bertz CT molecular complexity index is 1110. The van der Waals surface area contributed by atoms with Gasteiger partial charge in [-0.1, -0.05) is 12.1 Å². The van der Waals surface area contributed by atoms with Gasteiger partial charge in [-0.15, -0.1) is 13.2 Å². The van der Waals surface area contributed by atoms with Gasteiger partial charge in [0.1, 0.15) is 11.6 Å². The second-order valence-electron chi connectivity index (χ2n) is 8.11. The summed E-state index contributed by atoms with van der Waals surface area (Å²) in [7, 11) is 0. The first-order valence-corrected chi connectivity index (χ1v) is 9.66. The number of nitrogens with zero attached hydrogens (tertiary/aromatic N) is 2. The van der Waals surface area contributed by atoms with E-state index < -0.39 is 29.4 Å². The number of ether oxygens (including phenoxy) is 1. The average Bonchev–Trinajstić information content (AvgIpc) is 2.65. The van der Waals surface area contributed by atoms with Crippen molar-refractivity contribution < 1.29 is 31.1 Å². The van der Waals surface area contributed by atoms with Crippen molar-refractivity contribution in [1.82, 2.24) is 9.97 Å². The second-order valence-corrected chi connectivity index (χ2v) is 8.11. The predicted octanol–water partition coefficient (Wildman–Crippen LogP) is 7.02. The summed E-state index contributed by atoms with van der Waals surface area (Å²) in [5.41, 5.74) is -0.298. The Morgan fingerprint density at radius 2 is 1.48 bits per heavy atom. The van der Waals surface area contributed by atoms with E-state index in [4.69, 9.17) is 0 Å². The van der Waals surface area contributed by atoms with Gasteiger partial charge in [0.25, 0.3) is 0 Å². The van der Waals surface area contributed by atoms with Gasteiger partial charge in [0.05, 0.1) is 11.3 Å². The highest BCUT2D eigenvalue weighted by atomic mass is 19.4. The Balaban J connectivity index is 1.97. The van der Waals surface area contributed by atoms with Crippen LogP contribution in [0.4, 0.5) is 43.8 Å². The molecule has 2 N–H and O–H groups in total. The van der Waals surface area contributed by atoms with E-state index in [9.17, 15) is 26.3 Å². The van der Waals surface area contributed by atoms with Crippen LogP contribution in [0.1, 0.15) is 26.3 Å². The van der Waals surface area contributed by atoms with Crippen molar-refractivity contribution in [2.75, 3.05) is 10.6 Å². The van der Waals surface area contributed by atoms with Gasteiger partial charge < -0.3 is 15.4 Å². The number of halogens is 6. The molecule has 0 saturated heterocycles. The molecule has 0 unspecified atom stereocenters. The monoisotopic (exact) mass is 470 g/mol. The zero-order valence-electron chi connectivity index (χ0n) is 17.8. The summed E-state index contributed by atoms with van der Waals surface area (Å²) in [6.45, 7) is 5.59. The zero-order valence-corrected chi connectivity index (χ0v) is 17.8. The van der Waals surface area contributed by atoms with Crippen LogP contribution in [0.2, 0.25) is 0 Å². The molecule has 0 fully saturated rings. The van der Waals surface area contributed by atoms with E-state index in [0.29, 0.717) is 11.3 Å². The third-order valence-electron chi connectivity index (χ3n) is 4.06. The van der Waals surface area contributed by atoms with Crippen molar-refractivity contribution in [2.45, 2.75) is 38.8 Å². The highest BCUT2D eigenvalue weighted by Gasteiger charge is 2.31. The van der Waals surface area contributed by atoms with Crippen LogP contribution >= 0.6 is 0 Å². The van der Waals surface area contributed by atoms with Gasteiger partial charge in [0, 0.05) is 22.9 Å². The van der Waals surface area contributed by atoms with Gasteiger partial charge >= 0.3 is 12.5 Å². The lowest BCUT2D eigenvalue weighted by Crippen LogP contribution is -2.27. The molecule has 0 atom stereocenters. The SMILES string of the molecule is CC(C)(C)Nc1nc(Nc2ccc(C(F)(F)F)cc2)cc(-c2cccc(OC(F)(F)F)c2)n1. The van der Waals surface area contributed by atoms with E-state index in [1.807, 2.05) is 20.8 Å². The molecule has 0 bridgehead atoms. The quantitative estimate of drug-likeness (QED) is 0.393. The number of hydrogen-bond acceptors (Lipinski definition) is 5. The third-order valence-corrected chi connectivity index (χ3v) is 4.06. The number of aromatic nitrogens is 2. The van der Waals surface area contributed by atoms with Crippen molar-refractivity contribution in [3.05, 3.63) is 60.2 Å². The van der Waals surface area contributed by atoms with Gasteiger partial charge in [0.15, 0.2) is 0 Å². The number of hydrogen-bond donors (Lipinski definition) is 2. The molecular weight excluding hydrogens is 450 g/mol. The van der Waals surface area contributed by atoms with Crippen LogP contribution in [0.5, 0.6) is 5.75 Å². The lowest BCUT2D eigenvalue weighted by atomic mass is 10.1. The molecule has 0 aliphatic heterocycles. The largest absolute Gasteiger partial charge is 0.573 e. The topological polar surface area (TPSA) is 59.1 Å². The smallest absolute Gasteiger partial charge is 0.406 e. The van der Waals surface area contributed by atoms with Crippen molar-refractivity contribution in [2.24, 2.45) is 0 Å². The Morgan fingerprint density at radius 3 is 2.06 bits per heavy atom. The van der Waals surface area contributed by atoms with Gasteiger partial charge in [-0.2, -0.15) is 18.2 Å². The van der Waals surface area contributed by atoms with Gasteiger partial charge in [-0.05, 0) is 57.2 Å². The molecule has 1 heterocycles. The minimum absolute atomic E-state index is 0.177. The Kier molecular flexibility index (Phi) is 6.44. The molecule has 1 aromatic heterocycles. The maximum Gasteiger partial charge on any atom is 0.573 e. The molecule has 0 saturated carbocycles. The number of anilines is 3. The Morgan fingerprint density at radius 1 is 0.818 bits per heavy atom.